The maximum absolute atomic E-state index is 9.27. The first-order valence-electron chi connectivity index (χ1n) is 23.3. The van der Waals surface area contributed by atoms with E-state index in [0.29, 0.717) is 5.57 Å². The van der Waals surface area contributed by atoms with Crippen molar-refractivity contribution in [2.24, 2.45) is 0 Å². The number of hydrogen-bond acceptors (Lipinski definition) is 0. The summed E-state index contributed by atoms with van der Waals surface area (Å²) >= 11 is 110. The van der Waals surface area contributed by atoms with Gasteiger partial charge in [0.25, 0.3) is 0 Å². The Labute approximate surface area is 434 Å². The number of rotatable bonds is 0. The van der Waals surface area contributed by atoms with Crippen molar-refractivity contribution in [1.29, 1.82) is 0 Å². The topological polar surface area (TPSA) is 0 Å². The molecule has 12 heteroatoms. The Bertz CT molecular complexity index is 5790. The van der Waals surface area contributed by atoms with Crippen molar-refractivity contribution in [3.63, 3.8) is 0 Å². The van der Waals surface area contributed by atoms with Crippen LogP contribution in [0, 0.1) is 0 Å². The van der Waals surface area contributed by atoms with Gasteiger partial charge in [0, 0.05) is 0 Å². The van der Waals surface area contributed by atoms with Gasteiger partial charge < -0.3 is 0 Å². The lowest BCUT2D eigenvalue weighted by Gasteiger charge is -2.59. The van der Waals surface area contributed by atoms with Gasteiger partial charge in [0.1, 0.15) is 58.5 Å². The smallest absolute Gasteiger partial charge is 0.109 e. The largest absolute Gasteiger partial charge is 0.124 e. The zero-order valence-electron chi connectivity index (χ0n) is 32.5. The Morgan fingerprint density at radius 1 is 0.147 bits per heavy atom. The van der Waals surface area contributed by atoms with Crippen molar-refractivity contribution in [2.75, 3.05) is 0 Å². The van der Waals surface area contributed by atoms with E-state index in [0.717, 1.165) is 203 Å². The average molecular weight is 1100 g/mol. The minimum Gasteiger partial charge on any atom is -0.109 e. The molecule has 0 N–H and O–H groups in total. The van der Waals surface area contributed by atoms with E-state index in [1.165, 1.54) is 32.3 Å². The molecule has 0 spiro atoms. The van der Waals surface area contributed by atoms with Crippen molar-refractivity contribution in [3.8, 4) is 0 Å². The third-order valence-electron chi connectivity index (χ3n) is 24.6. The quantitative estimate of drug-likeness (QED) is 0.0807. The molecule has 18 aliphatic carbocycles. The lowest BCUT2D eigenvalue weighted by atomic mass is 9.53. The molecular weight excluding hydrogens is 1100 g/mol. The molecule has 308 valence electrons. The summed E-state index contributed by atoms with van der Waals surface area (Å²) in [6.07, 6.45) is 0. The molecule has 0 bridgehead atoms. The summed E-state index contributed by atoms with van der Waals surface area (Å²) in [7, 11) is 0. The number of benzene rings is 10. The number of alkyl halides is 12. The average Bonchev–Trinajstić information content (AvgIpc) is 4.32. The molecule has 12 atom stereocenters. The highest BCUT2D eigenvalue weighted by Crippen LogP contribution is 3.00. The molecule has 0 nitrogen and oxygen atoms in total. The van der Waals surface area contributed by atoms with Crippen molar-refractivity contribution in [3.05, 3.63) is 134 Å². The fraction of sp³-hybridized carbons (Fsp3) is 0.214. The molecule has 0 unspecified atom stereocenters. The first-order valence-corrected chi connectivity index (χ1v) is 27.8. The molecule has 68 heavy (non-hydrogen) atoms. The fourth-order valence-electron chi connectivity index (χ4n) is 24.5. The molecule has 0 amide bonds. The van der Waals surface area contributed by atoms with Gasteiger partial charge in [-0.3, -0.25) is 0 Å². The van der Waals surface area contributed by atoms with Crippen LogP contribution in [0.3, 0.4) is 0 Å². The molecule has 0 heterocycles. The molecule has 0 radical (unpaired) electrons. The van der Waals surface area contributed by atoms with Crippen LogP contribution in [0.2, 0.25) is 0 Å². The van der Waals surface area contributed by atoms with Crippen LogP contribution in [0.1, 0.15) is 122 Å². The van der Waals surface area contributed by atoms with E-state index in [4.69, 9.17) is 34.8 Å². The molecule has 18 aliphatic rings. The summed E-state index contributed by atoms with van der Waals surface area (Å²) in [6, 6.07) is 0. The van der Waals surface area contributed by atoms with E-state index < -0.39 is 58.5 Å². The van der Waals surface area contributed by atoms with E-state index in [9.17, 15) is 104 Å². The van der Waals surface area contributed by atoms with E-state index in [1.54, 1.807) is 0 Å². The third-order valence-corrected chi connectivity index (χ3v) is 32.8. The van der Waals surface area contributed by atoms with Crippen LogP contribution in [0.4, 0.5) is 0 Å². The summed E-state index contributed by atoms with van der Waals surface area (Å²) in [5.41, 5.74) is 22.0. The molecule has 12 aromatic rings. The lowest BCUT2D eigenvalue weighted by Crippen LogP contribution is -2.62. The summed E-state index contributed by atoms with van der Waals surface area (Å²) in [5, 5.41) is 22.3. The normalized spacial score (nSPS) is 46.6. The zero-order valence-corrected chi connectivity index (χ0v) is 41.6. The second kappa shape index (κ2) is 6.47. The number of allylic oxidation sites excluding steroid dienone is 2. The molecule has 0 saturated carbocycles. The number of hydrogen-bond donors (Lipinski definition) is 0. The highest BCUT2D eigenvalue weighted by Gasteiger charge is 2.96. The van der Waals surface area contributed by atoms with Crippen LogP contribution in [0.5, 0.6) is 0 Å². The fourth-order valence-corrected chi connectivity index (χ4v) is 31.8. The summed E-state index contributed by atoms with van der Waals surface area (Å²) < 4.78 is 0. The molecule has 0 aliphatic heterocycles. The molecule has 0 aromatic heterocycles. The van der Waals surface area contributed by atoms with E-state index >= 15 is 0 Å². The maximum atomic E-state index is 9.27. The van der Waals surface area contributed by atoms with Crippen molar-refractivity contribution < 1.29 is 0 Å². The molecular formula is C56Cl12. The predicted molar refractivity (Wildman–Crippen MR) is 272 cm³/mol. The van der Waals surface area contributed by atoms with Crippen LogP contribution >= 0.6 is 139 Å². The minimum atomic E-state index is -1.66. The summed E-state index contributed by atoms with van der Waals surface area (Å²) in [6.45, 7) is 0. The third kappa shape index (κ3) is 1.49. The molecule has 12 aromatic carbocycles. The van der Waals surface area contributed by atoms with Gasteiger partial charge in [0.2, 0.25) is 0 Å². The van der Waals surface area contributed by atoms with Gasteiger partial charge in [0.15, 0.2) is 0 Å². The molecule has 0 saturated heterocycles. The maximum Gasteiger partial charge on any atom is 0.124 e. The Balaban J connectivity index is 1.21. The highest BCUT2D eigenvalue weighted by molar-refractivity contribution is 6.68. The Morgan fingerprint density at radius 2 is 0.397 bits per heavy atom. The highest BCUT2D eigenvalue weighted by atomic mass is 35.5. The standard InChI is InChI=1S/C56Cl12/c57-45-21-9-3-1-2-7-11(9)23(45)37-27-13(7)14-8(2)12-10-4(1)6-5(3)17-28(21)49(61)34-19-15-16-20-33-32(19)51(49,63)30(17)31-18(6)29-22(10)46(58)25(12)41-36(14)55(67)54(27,66)43-44-47(59,24(15)38(39(34)45)48(37,43)60)26(16)42(53(41,65)56(44,55)68)40(46)35(20)50(29,62)52(31,33)64/t45-,46+,47+,48+,49-,50+,51+,52-,53-,54+,55+,56+/m1/s1. The van der Waals surface area contributed by atoms with Gasteiger partial charge in [-0.25, -0.2) is 0 Å². The van der Waals surface area contributed by atoms with E-state index in [-0.39, 0.29) is 0 Å². The second-order valence-corrected chi connectivity index (χ2v) is 31.2. The predicted octanol–water partition coefficient (Wildman–Crippen LogP) is 16.2. The first-order chi connectivity index (χ1) is 32.4. The van der Waals surface area contributed by atoms with Crippen molar-refractivity contribution >= 4 is 247 Å². The van der Waals surface area contributed by atoms with Crippen LogP contribution in [-0.2, 0) is 53.6 Å². The van der Waals surface area contributed by atoms with Gasteiger partial charge in [-0.05, 0) is 241 Å². The van der Waals surface area contributed by atoms with E-state index in [1.807, 2.05) is 0 Å². The van der Waals surface area contributed by atoms with Gasteiger partial charge in [-0.2, -0.15) is 0 Å². The monoisotopic (exact) mass is 1090 g/mol. The Hall–Kier alpha value is -2.24. The minimum absolute atomic E-state index is 0.710. The molecule has 30 rings (SSSR count). The van der Waals surface area contributed by atoms with Crippen LogP contribution in [0.15, 0.2) is 11.1 Å². The van der Waals surface area contributed by atoms with Crippen LogP contribution in [-0.4, -0.2) is 4.87 Å². The number of halogens is 12. The zero-order chi connectivity index (χ0) is 43.4. The van der Waals surface area contributed by atoms with Crippen LogP contribution in [0.25, 0.3) is 108 Å². The van der Waals surface area contributed by atoms with Gasteiger partial charge in [-0.1, -0.05) is 0 Å². The van der Waals surface area contributed by atoms with Crippen molar-refractivity contribution in [1.82, 2.24) is 0 Å². The van der Waals surface area contributed by atoms with Gasteiger partial charge >= 0.3 is 0 Å². The second-order valence-electron chi connectivity index (χ2n) is 24.4. The van der Waals surface area contributed by atoms with Gasteiger partial charge in [-0.15, -0.1) is 139 Å². The Morgan fingerprint density at radius 3 is 0.926 bits per heavy atom. The molecule has 0 fully saturated rings. The summed E-state index contributed by atoms with van der Waals surface area (Å²) in [4.78, 5) is -17.1. The van der Waals surface area contributed by atoms with Crippen LogP contribution < -0.4 is 0 Å². The Kier molecular flexibility index (Phi) is 2.98. The summed E-state index contributed by atoms with van der Waals surface area (Å²) in [5.74, 6) is 0. The van der Waals surface area contributed by atoms with Gasteiger partial charge in [0.05, 0.1) is 0 Å². The SMILES string of the molecule is Cl[C@]12C3=C4[C@]5(Cl)c6c1c1c7c8c9c%10c%11c%12c%13c(c5c%11c68)[C@]5(Cl)c6c8c%11c%14c(c2c2c%15c%16c(c%17c%18c(c%19c%20c(c%21c%22c(c6[C@]%13%21Cl)c%11c(c%14%15)c6c%22c%20c%18c%166)[C@@]%12(Cl)[C@]%10%19Cl)[C@@]9(Cl)[C@]7%17Cl)[C@]12Cl)[C@@]3(Cl)[C@]8(Cl)[C@]45Cl. The first kappa shape index (κ1) is 31.4. The van der Waals surface area contributed by atoms with Crippen molar-refractivity contribution in [2.45, 2.75) is 58.5 Å². The van der Waals surface area contributed by atoms with E-state index in [2.05, 4.69) is 0 Å². The lowest BCUT2D eigenvalue weighted by molar-refractivity contribution is 0.386.